The summed E-state index contributed by atoms with van der Waals surface area (Å²) in [4.78, 5) is 42.9. The standard InChI is InChI=1S/C44H87O8P/c1-3-5-7-9-11-13-15-17-19-21-22-23-25-26-28-30-32-34-36-38-43(45)50-40-42(41-51-53(47,48)49)52-44(46)39-37-35-33-31-29-27-24-20-18-16-14-12-10-8-6-4-2/h42H,3-41H2,1-2H3,(H2,47,48,49)/t42-/m1/s1. The van der Waals surface area contributed by atoms with Crippen LogP contribution in [0.5, 0.6) is 0 Å². The van der Waals surface area contributed by atoms with Crippen molar-refractivity contribution in [1.82, 2.24) is 0 Å². The van der Waals surface area contributed by atoms with E-state index in [0.717, 1.165) is 32.1 Å². The molecule has 0 bridgehead atoms. The van der Waals surface area contributed by atoms with Gasteiger partial charge in [-0.25, -0.2) is 4.57 Å². The van der Waals surface area contributed by atoms with Crippen LogP contribution in [0.15, 0.2) is 0 Å². The Morgan fingerprint density at radius 1 is 0.415 bits per heavy atom. The van der Waals surface area contributed by atoms with Crippen LogP contribution in [-0.4, -0.2) is 41.0 Å². The first-order valence-corrected chi connectivity index (χ1v) is 24.4. The Bertz CT molecular complexity index is 832. The Morgan fingerprint density at radius 3 is 0.962 bits per heavy atom. The normalized spacial score (nSPS) is 12.3. The summed E-state index contributed by atoms with van der Waals surface area (Å²) < 4.78 is 26.5. The minimum Gasteiger partial charge on any atom is -0.462 e. The Labute approximate surface area is 327 Å². The molecular weight excluding hydrogens is 687 g/mol. The molecule has 0 aliphatic rings. The number of phosphoric ester groups is 1. The fraction of sp³-hybridized carbons (Fsp3) is 0.955. The highest BCUT2D eigenvalue weighted by atomic mass is 31.2. The Kier molecular flexibility index (Phi) is 40.0. The quantitative estimate of drug-likeness (QED) is 0.0357. The second kappa shape index (κ2) is 40.7. The van der Waals surface area contributed by atoms with E-state index in [4.69, 9.17) is 19.3 Å². The van der Waals surface area contributed by atoms with Crippen molar-refractivity contribution in [2.45, 2.75) is 258 Å². The lowest BCUT2D eigenvalue weighted by atomic mass is 10.0. The van der Waals surface area contributed by atoms with E-state index in [9.17, 15) is 14.2 Å². The number of phosphoric acid groups is 1. The van der Waals surface area contributed by atoms with Gasteiger partial charge in [0.25, 0.3) is 0 Å². The third kappa shape index (κ3) is 43.6. The van der Waals surface area contributed by atoms with Gasteiger partial charge in [-0.15, -0.1) is 0 Å². The minimum absolute atomic E-state index is 0.220. The van der Waals surface area contributed by atoms with E-state index in [1.165, 1.54) is 186 Å². The average Bonchev–Trinajstić information content (AvgIpc) is 3.13. The van der Waals surface area contributed by atoms with Gasteiger partial charge in [0.1, 0.15) is 6.61 Å². The summed E-state index contributed by atoms with van der Waals surface area (Å²) in [5.41, 5.74) is 0. The number of carbonyl (C=O) groups is 2. The Morgan fingerprint density at radius 2 is 0.679 bits per heavy atom. The van der Waals surface area contributed by atoms with Crippen LogP contribution >= 0.6 is 7.82 Å². The number of carbonyl (C=O) groups excluding carboxylic acids is 2. The molecule has 0 saturated heterocycles. The zero-order valence-corrected chi connectivity index (χ0v) is 35.8. The van der Waals surface area contributed by atoms with Gasteiger partial charge < -0.3 is 19.3 Å². The molecule has 2 N–H and O–H groups in total. The number of esters is 2. The molecule has 0 aliphatic heterocycles. The number of rotatable bonds is 43. The molecule has 0 radical (unpaired) electrons. The highest BCUT2D eigenvalue weighted by Crippen LogP contribution is 2.36. The first-order chi connectivity index (χ1) is 25.8. The maximum absolute atomic E-state index is 12.4. The maximum Gasteiger partial charge on any atom is 0.469 e. The number of hydrogen-bond acceptors (Lipinski definition) is 6. The van der Waals surface area contributed by atoms with Crippen molar-refractivity contribution in [3.63, 3.8) is 0 Å². The molecule has 0 rings (SSSR count). The highest BCUT2D eigenvalue weighted by Gasteiger charge is 2.23. The van der Waals surface area contributed by atoms with E-state index < -0.39 is 32.5 Å². The van der Waals surface area contributed by atoms with Gasteiger partial charge in [-0.05, 0) is 12.8 Å². The van der Waals surface area contributed by atoms with Crippen molar-refractivity contribution in [2.75, 3.05) is 13.2 Å². The van der Waals surface area contributed by atoms with E-state index in [-0.39, 0.29) is 19.4 Å². The van der Waals surface area contributed by atoms with Crippen LogP contribution < -0.4 is 0 Å². The van der Waals surface area contributed by atoms with Gasteiger partial charge in [-0.1, -0.05) is 226 Å². The fourth-order valence-corrected chi connectivity index (χ4v) is 7.32. The van der Waals surface area contributed by atoms with Crippen molar-refractivity contribution in [2.24, 2.45) is 0 Å². The predicted molar refractivity (Wildman–Crippen MR) is 221 cm³/mol. The van der Waals surface area contributed by atoms with Crippen molar-refractivity contribution >= 4 is 19.8 Å². The van der Waals surface area contributed by atoms with Crippen molar-refractivity contribution < 1.29 is 37.9 Å². The number of ether oxygens (including phenoxy) is 2. The molecule has 0 aromatic heterocycles. The predicted octanol–water partition coefficient (Wildman–Crippen LogP) is 14.0. The summed E-state index contributed by atoms with van der Waals surface area (Å²) in [7, 11) is -4.75. The Hall–Kier alpha value is -0.950. The lowest BCUT2D eigenvalue weighted by molar-refractivity contribution is -0.161. The third-order valence-corrected chi connectivity index (χ3v) is 10.9. The largest absolute Gasteiger partial charge is 0.469 e. The van der Waals surface area contributed by atoms with Crippen LogP contribution in [0, 0.1) is 0 Å². The van der Waals surface area contributed by atoms with Crippen LogP contribution in [0.25, 0.3) is 0 Å². The van der Waals surface area contributed by atoms with Crippen LogP contribution in [0.2, 0.25) is 0 Å². The van der Waals surface area contributed by atoms with E-state index in [0.29, 0.717) is 6.42 Å². The van der Waals surface area contributed by atoms with Gasteiger partial charge in [0.2, 0.25) is 0 Å². The van der Waals surface area contributed by atoms with Gasteiger partial charge in [0.15, 0.2) is 6.10 Å². The van der Waals surface area contributed by atoms with E-state index >= 15 is 0 Å². The molecule has 0 heterocycles. The van der Waals surface area contributed by atoms with E-state index in [1.807, 2.05) is 0 Å². The molecule has 53 heavy (non-hydrogen) atoms. The lowest BCUT2D eigenvalue weighted by Gasteiger charge is -2.18. The molecule has 316 valence electrons. The Balaban J connectivity index is 3.81. The first-order valence-electron chi connectivity index (χ1n) is 22.8. The molecule has 0 aliphatic carbocycles. The summed E-state index contributed by atoms with van der Waals surface area (Å²) >= 11 is 0. The molecule has 0 unspecified atom stereocenters. The van der Waals surface area contributed by atoms with Gasteiger partial charge in [0.05, 0.1) is 6.61 Å². The average molecular weight is 775 g/mol. The molecule has 9 heteroatoms. The van der Waals surface area contributed by atoms with E-state index in [1.54, 1.807) is 0 Å². The zero-order valence-electron chi connectivity index (χ0n) is 34.9. The molecule has 0 fully saturated rings. The summed E-state index contributed by atoms with van der Waals surface area (Å²) in [6.45, 7) is 3.73. The van der Waals surface area contributed by atoms with Crippen molar-refractivity contribution in [3.8, 4) is 0 Å². The first kappa shape index (κ1) is 52.0. The van der Waals surface area contributed by atoms with Gasteiger partial charge in [0, 0.05) is 12.8 Å². The molecule has 1 atom stereocenters. The fourth-order valence-electron chi connectivity index (χ4n) is 6.96. The summed E-state index contributed by atoms with van der Waals surface area (Å²) in [5.74, 6) is -0.864. The molecule has 0 amide bonds. The van der Waals surface area contributed by atoms with Crippen molar-refractivity contribution in [1.29, 1.82) is 0 Å². The second-order valence-electron chi connectivity index (χ2n) is 15.7. The molecule has 0 aromatic rings. The number of unbranched alkanes of at least 4 members (excludes halogenated alkanes) is 33. The summed E-state index contributed by atoms with van der Waals surface area (Å²) in [6, 6.07) is 0. The van der Waals surface area contributed by atoms with Crippen LogP contribution in [0.4, 0.5) is 0 Å². The van der Waals surface area contributed by atoms with Gasteiger partial charge >= 0.3 is 19.8 Å². The lowest BCUT2D eigenvalue weighted by Crippen LogP contribution is -2.29. The van der Waals surface area contributed by atoms with Gasteiger partial charge in [-0.3, -0.25) is 14.1 Å². The minimum atomic E-state index is -4.75. The smallest absolute Gasteiger partial charge is 0.462 e. The second-order valence-corrected chi connectivity index (χ2v) is 17.0. The van der Waals surface area contributed by atoms with Crippen LogP contribution in [-0.2, 0) is 28.2 Å². The summed E-state index contributed by atoms with van der Waals surface area (Å²) in [6.07, 6.45) is 44.0. The molecule has 8 nitrogen and oxygen atoms in total. The van der Waals surface area contributed by atoms with Crippen LogP contribution in [0.1, 0.15) is 251 Å². The topological polar surface area (TPSA) is 119 Å². The molecular formula is C44H87O8P. The van der Waals surface area contributed by atoms with Crippen molar-refractivity contribution in [3.05, 3.63) is 0 Å². The van der Waals surface area contributed by atoms with Crippen LogP contribution in [0.3, 0.4) is 0 Å². The summed E-state index contributed by atoms with van der Waals surface area (Å²) in [5, 5.41) is 0. The maximum atomic E-state index is 12.4. The molecule has 0 aromatic carbocycles. The van der Waals surface area contributed by atoms with Gasteiger partial charge in [-0.2, -0.15) is 0 Å². The SMILES string of the molecule is CCCCCCCCCCCCCCCCCCCCCC(=O)OC[C@H](COP(=O)(O)O)OC(=O)CCCCCCCCCCCCCCCCCC. The monoisotopic (exact) mass is 775 g/mol. The third-order valence-electron chi connectivity index (χ3n) is 10.4. The van der Waals surface area contributed by atoms with E-state index in [2.05, 4.69) is 18.4 Å². The highest BCUT2D eigenvalue weighted by molar-refractivity contribution is 7.46. The zero-order chi connectivity index (χ0) is 38.9. The molecule has 0 saturated carbocycles. The molecule has 0 spiro atoms. The number of hydrogen-bond donors (Lipinski definition) is 2.